The van der Waals surface area contributed by atoms with Gasteiger partial charge in [0.05, 0.1) is 0 Å². The van der Waals surface area contributed by atoms with Gasteiger partial charge >= 0.3 is 6.18 Å². The van der Waals surface area contributed by atoms with Gasteiger partial charge < -0.3 is 5.32 Å². The molecule has 0 fully saturated rings. The Kier molecular flexibility index (Phi) is 4.57. The van der Waals surface area contributed by atoms with Crippen molar-refractivity contribution in [3.05, 3.63) is 29.8 Å². The van der Waals surface area contributed by atoms with Gasteiger partial charge in [0.2, 0.25) is 0 Å². The van der Waals surface area contributed by atoms with Crippen molar-refractivity contribution in [2.45, 2.75) is 19.0 Å². The fraction of sp³-hybridized carbons (Fsp3) is 0.300. The van der Waals surface area contributed by atoms with Crippen LogP contribution in [0, 0.1) is 0 Å². The van der Waals surface area contributed by atoms with Crippen molar-refractivity contribution in [2.75, 3.05) is 5.32 Å². The lowest BCUT2D eigenvalue weighted by atomic mass is 10.1. The third-order valence-electron chi connectivity index (χ3n) is 1.93. The molecule has 0 heterocycles. The number of aryl methyl sites for hydroxylation is 1. The van der Waals surface area contributed by atoms with E-state index >= 15 is 0 Å². The molecule has 6 heteroatoms. The Balaban J connectivity index is 2.75. The zero-order chi connectivity index (χ0) is 12.2. The third-order valence-corrected chi connectivity index (χ3v) is 2.20. The molecule has 0 unspecified atom stereocenters. The maximum atomic E-state index is 12.0. The first kappa shape index (κ1) is 13.3. The number of amides is 1. The molecule has 88 valence electrons. The van der Waals surface area contributed by atoms with Crippen molar-refractivity contribution in [1.82, 2.24) is 0 Å². The molecule has 1 N–H and O–H groups in total. The quantitative estimate of drug-likeness (QED) is 0.499. The number of nitrogens with one attached hydrogen (secondary N) is 1. The molecule has 0 atom stereocenters. The second-order valence-electron chi connectivity index (χ2n) is 3.17. The molecule has 0 saturated heterocycles. The monoisotopic (exact) mass is 343 g/mol. The Morgan fingerprint density at radius 2 is 1.94 bits per heavy atom. The topological polar surface area (TPSA) is 29.1 Å². The van der Waals surface area contributed by atoms with Crippen LogP contribution in [0.3, 0.4) is 0 Å². The highest BCUT2D eigenvalue weighted by Crippen LogP contribution is 2.25. The van der Waals surface area contributed by atoms with Crippen LogP contribution in [-0.4, -0.2) is 10.1 Å². The van der Waals surface area contributed by atoms with Crippen molar-refractivity contribution < 1.29 is 18.0 Å². The molecule has 16 heavy (non-hydrogen) atoms. The summed E-state index contributed by atoms with van der Waals surface area (Å²) in [6.45, 7) is 0. The van der Waals surface area contributed by atoms with Gasteiger partial charge in [0.15, 0.2) is 0 Å². The summed E-state index contributed by atoms with van der Waals surface area (Å²) in [6.07, 6.45) is -5.20. The van der Waals surface area contributed by atoms with Gasteiger partial charge in [-0.25, -0.2) is 0 Å². The van der Waals surface area contributed by atoms with Gasteiger partial charge in [-0.15, -0.1) is 0 Å². The highest BCUT2D eigenvalue weighted by atomic mass is 127. The lowest BCUT2D eigenvalue weighted by Gasteiger charge is -2.10. The van der Waals surface area contributed by atoms with Gasteiger partial charge in [-0.05, 0) is 18.1 Å². The van der Waals surface area contributed by atoms with Crippen molar-refractivity contribution in [2.24, 2.45) is 0 Å². The van der Waals surface area contributed by atoms with Crippen LogP contribution in [0.4, 0.5) is 23.7 Å². The van der Waals surface area contributed by atoms with Crippen molar-refractivity contribution in [3.63, 3.8) is 0 Å². The summed E-state index contributed by atoms with van der Waals surface area (Å²) in [4.78, 5) is 10.8. The number of para-hydroxylation sites is 1. The second-order valence-corrected chi connectivity index (χ2v) is 4.15. The number of alkyl halides is 3. The van der Waals surface area contributed by atoms with Crippen LogP contribution >= 0.6 is 22.6 Å². The van der Waals surface area contributed by atoms with Crippen LogP contribution < -0.4 is 5.32 Å². The minimum absolute atomic E-state index is 0.128. The van der Waals surface area contributed by atoms with E-state index in [1.54, 1.807) is 24.3 Å². The number of hydrogen-bond acceptors (Lipinski definition) is 1. The molecule has 1 aromatic carbocycles. The number of carbonyl (C=O) groups is 1. The van der Waals surface area contributed by atoms with E-state index in [0.29, 0.717) is 11.3 Å². The SMILES string of the molecule is O=C(I)Nc1ccccc1CCC(F)(F)F. The Morgan fingerprint density at radius 3 is 2.50 bits per heavy atom. The average molecular weight is 343 g/mol. The predicted molar refractivity (Wildman–Crippen MR) is 63.9 cm³/mol. The fourth-order valence-corrected chi connectivity index (χ4v) is 1.53. The minimum Gasteiger partial charge on any atom is -0.317 e. The third kappa shape index (κ3) is 4.82. The normalized spacial score (nSPS) is 11.2. The molecule has 2 nitrogen and oxygen atoms in total. The molecule has 0 spiro atoms. The number of hydrogen-bond donors (Lipinski definition) is 1. The fourth-order valence-electron chi connectivity index (χ4n) is 1.24. The lowest BCUT2D eigenvalue weighted by Crippen LogP contribution is -2.10. The van der Waals surface area contributed by atoms with E-state index < -0.39 is 12.6 Å². The molecule has 1 rings (SSSR count). The highest BCUT2D eigenvalue weighted by molar-refractivity contribution is 14.1. The molecule has 0 aliphatic heterocycles. The molecule has 1 aromatic rings. The summed E-state index contributed by atoms with van der Waals surface area (Å²) in [6, 6.07) is 6.48. The average Bonchev–Trinajstić information content (AvgIpc) is 2.14. The Bertz CT molecular complexity index is 379. The van der Waals surface area contributed by atoms with Crippen LogP contribution in [0.25, 0.3) is 0 Å². The molecular formula is C10H9F3INO. The zero-order valence-corrected chi connectivity index (χ0v) is 10.3. The zero-order valence-electron chi connectivity index (χ0n) is 8.14. The van der Waals surface area contributed by atoms with E-state index in [0.717, 1.165) is 0 Å². The number of rotatable bonds is 3. The first-order valence-electron chi connectivity index (χ1n) is 4.49. The number of anilines is 1. The van der Waals surface area contributed by atoms with Crippen molar-refractivity contribution in [1.29, 1.82) is 0 Å². The summed E-state index contributed by atoms with van der Waals surface area (Å²) < 4.78 is 35.8. The summed E-state index contributed by atoms with van der Waals surface area (Å²) in [7, 11) is 0. The van der Waals surface area contributed by atoms with Gasteiger partial charge in [0.1, 0.15) is 0 Å². The Labute approximate surface area is 104 Å². The first-order valence-corrected chi connectivity index (χ1v) is 5.57. The van der Waals surface area contributed by atoms with E-state index in [4.69, 9.17) is 0 Å². The summed E-state index contributed by atoms with van der Waals surface area (Å²) in [5, 5.41) is 2.49. The summed E-state index contributed by atoms with van der Waals surface area (Å²) in [5.74, 6) is 0. The number of benzene rings is 1. The van der Waals surface area contributed by atoms with Gasteiger partial charge in [-0.3, -0.25) is 4.79 Å². The van der Waals surface area contributed by atoms with Crippen molar-refractivity contribution >= 4 is 32.2 Å². The summed E-state index contributed by atoms with van der Waals surface area (Å²) in [5.41, 5.74) is 0.927. The molecular weight excluding hydrogens is 334 g/mol. The number of halogens is 4. The molecule has 0 aliphatic carbocycles. The molecule has 0 radical (unpaired) electrons. The van der Waals surface area contributed by atoms with E-state index in [-0.39, 0.29) is 10.3 Å². The Hall–Kier alpha value is -0.790. The smallest absolute Gasteiger partial charge is 0.317 e. The van der Waals surface area contributed by atoms with Crippen molar-refractivity contribution in [3.8, 4) is 0 Å². The number of carbonyl (C=O) groups excluding carboxylic acids is 1. The van der Waals surface area contributed by atoms with Gasteiger partial charge in [0, 0.05) is 34.7 Å². The first-order chi connectivity index (χ1) is 7.38. The highest BCUT2D eigenvalue weighted by Gasteiger charge is 2.26. The van der Waals surface area contributed by atoms with E-state index in [1.807, 2.05) is 0 Å². The molecule has 0 aromatic heterocycles. The van der Waals surface area contributed by atoms with Crippen LogP contribution in [0.2, 0.25) is 0 Å². The van der Waals surface area contributed by atoms with Crippen LogP contribution in [0.5, 0.6) is 0 Å². The standard InChI is InChI=1S/C10H9F3INO/c11-10(12,13)6-5-7-3-1-2-4-8(7)15-9(14)16/h1-4H,5-6H2,(H,15,16). The van der Waals surface area contributed by atoms with Crippen LogP contribution in [-0.2, 0) is 6.42 Å². The lowest BCUT2D eigenvalue weighted by molar-refractivity contribution is -0.133. The maximum Gasteiger partial charge on any atom is 0.389 e. The maximum absolute atomic E-state index is 12.0. The van der Waals surface area contributed by atoms with Crippen LogP contribution in [0.1, 0.15) is 12.0 Å². The predicted octanol–water partition coefficient (Wildman–Crippen LogP) is 4.15. The molecule has 1 amide bonds. The molecule has 0 saturated carbocycles. The molecule has 0 aliphatic rings. The van der Waals surface area contributed by atoms with Gasteiger partial charge in [-0.2, -0.15) is 13.2 Å². The Morgan fingerprint density at radius 1 is 1.31 bits per heavy atom. The minimum atomic E-state index is -4.18. The van der Waals surface area contributed by atoms with Gasteiger partial charge in [0.25, 0.3) is 3.91 Å². The largest absolute Gasteiger partial charge is 0.389 e. The van der Waals surface area contributed by atoms with E-state index in [2.05, 4.69) is 5.32 Å². The second kappa shape index (κ2) is 5.51. The van der Waals surface area contributed by atoms with E-state index in [9.17, 15) is 18.0 Å². The van der Waals surface area contributed by atoms with Gasteiger partial charge in [-0.1, -0.05) is 18.2 Å². The van der Waals surface area contributed by atoms with E-state index in [1.165, 1.54) is 22.6 Å². The summed E-state index contributed by atoms with van der Waals surface area (Å²) >= 11 is 1.53. The molecule has 0 bridgehead atoms. The van der Waals surface area contributed by atoms with Crippen LogP contribution in [0.15, 0.2) is 24.3 Å².